The number of rotatable bonds is 4. The van der Waals surface area contributed by atoms with E-state index < -0.39 is 20.8 Å². The monoisotopic (exact) mass is 388 g/mol. The Morgan fingerprint density at radius 3 is 1.00 bits per heavy atom. The van der Waals surface area contributed by atoms with Gasteiger partial charge < -0.3 is 20.7 Å². The van der Waals surface area contributed by atoms with Gasteiger partial charge in [0.1, 0.15) is 11.5 Å². The van der Waals surface area contributed by atoms with Gasteiger partial charge in [-0.1, -0.05) is 38.5 Å². The van der Waals surface area contributed by atoms with Crippen LogP contribution in [0, 0.1) is 0 Å². The quantitative estimate of drug-likeness (QED) is 0.556. The molecule has 0 saturated heterocycles. The highest BCUT2D eigenvalue weighted by Crippen LogP contribution is 2.19. The Morgan fingerprint density at radius 1 is 0.625 bits per heavy atom. The van der Waals surface area contributed by atoms with Crippen molar-refractivity contribution in [1.29, 1.82) is 0 Å². The molecule has 0 atom stereocenters. The molecule has 0 heterocycles. The lowest BCUT2D eigenvalue weighted by molar-refractivity contribution is 0.380. The molecule has 1 fully saturated rings. The molecule has 10 nitrogen and oxygen atoms in total. The average Bonchev–Trinajstić information content (AvgIpc) is 2.41. The first-order valence-corrected chi connectivity index (χ1v) is 9.33. The molecule has 142 valence electrons. The number of hydrogen-bond donors (Lipinski definition) is 4. The summed E-state index contributed by atoms with van der Waals surface area (Å²) in [5, 5.41) is 0. The summed E-state index contributed by atoms with van der Waals surface area (Å²) >= 11 is 0. The second-order valence-electron chi connectivity index (χ2n) is 4.61. The van der Waals surface area contributed by atoms with E-state index >= 15 is 0 Å². The number of benzene rings is 1. The molecule has 0 spiro atoms. The summed E-state index contributed by atoms with van der Waals surface area (Å²) in [5.41, 5.74) is 0. The molecule has 0 amide bonds. The smallest absolute Gasteiger partial charge is 0.362 e. The van der Waals surface area contributed by atoms with Crippen molar-refractivity contribution in [2.45, 2.75) is 38.5 Å². The second-order valence-corrected chi connectivity index (χ2v) is 6.66. The van der Waals surface area contributed by atoms with E-state index in [1.165, 1.54) is 38.5 Å². The lowest BCUT2D eigenvalue weighted by Gasteiger charge is -2.05. The van der Waals surface area contributed by atoms with E-state index in [0.29, 0.717) is 0 Å². The lowest BCUT2D eigenvalue weighted by Crippen LogP contribution is -2.08. The van der Waals surface area contributed by atoms with Crippen molar-refractivity contribution in [2.75, 3.05) is 0 Å². The lowest BCUT2D eigenvalue weighted by atomic mass is 10.0. The van der Waals surface area contributed by atoms with Crippen molar-refractivity contribution in [3.05, 3.63) is 24.3 Å². The SMILES string of the molecule is C1CCCCC1.N.N.O=S(=O)(O)Oc1ccc(OS(=O)(=O)O)cc1. The zero-order valence-corrected chi connectivity index (χ0v) is 14.8. The molecule has 1 aliphatic rings. The third-order valence-corrected chi connectivity index (χ3v) is 3.53. The Balaban J connectivity index is 0. The largest absolute Gasteiger partial charge is 0.446 e. The maximum absolute atomic E-state index is 10.3. The van der Waals surface area contributed by atoms with E-state index in [4.69, 9.17) is 9.11 Å². The summed E-state index contributed by atoms with van der Waals surface area (Å²) in [5.74, 6) is -0.490. The van der Waals surface area contributed by atoms with Crippen LogP contribution in [0.15, 0.2) is 24.3 Å². The fraction of sp³-hybridized carbons (Fsp3) is 0.500. The standard InChI is InChI=1S/C6H6O8S2.C6H12.2H3N/c7-15(8,9)13-5-1-2-6(4-3-5)14-16(10,11)12;1-2-4-6-5-3-1;;/h1-4H,(H,7,8,9)(H,10,11,12);1-6H2;2*1H3. The van der Waals surface area contributed by atoms with Crippen LogP contribution in [0.4, 0.5) is 0 Å². The first-order valence-electron chi connectivity index (χ1n) is 6.59. The van der Waals surface area contributed by atoms with Crippen molar-refractivity contribution >= 4 is 20.8 Å². The van der Waals surface area contributed by atoms with Gasteiger partial charge in [0.15, 0.2) is 0 Å². The topological polar surface area (TPSA) is 197 Å². The molecule has 0 aliphatic heterocycles. The van der Waals surface area contributed by atoms with Gasteiger partial charge in [-0.3, -0.25) is 9.11 Å². The van der Waals surface area contributed by atoms with Crippen LogP contribution in [0.5, 0.6) is 11.5 Å². The van der Waals surface area contributed by atoms with Gasteiger partial charge in [-0.15, -0.1) is 0 Å². The molecule has 1 saturated carbocycles. The maximum Gasteiger partial charge on any atom is 0.446 e. The van der Waals surface area contributed by atoms with Crippen molar-refractivity contribution in [3.63, 3.8) is 0 Å². The van der Waals surface area contributed by atoms with Gasteiger partial charge in [0.2, 0.25) is 0 Å². The molecule has 1 aromatic rings. The minimum absolute atomic E-state index is 0. The van der Waals surface area contributed by atoms with Crippen LogP contribution < -0.4 is 20.7 Å². The van der Waals surface area contributed by atoms with Crippen LogP contribution in [-0.4, -0.2) is 25.9 Å². The van der Waals surface area contributed by atoms with Crippen LogP contribution in [-0.2, 0) is 20.8 Å². The maximum atomic E-state index is 10.3. The van der Waals surface area contributed by atoms with E-state index in [1.807, 2.05) is 0 Å². The van der Waals surface area contributed by atoms with Gasteiger partial charge in [0.25, 0.3) is 0 Å². The van der Waals surface area contributed by atoms with E-state index in [-0.39, 0.29) is 23.8 Å². The van der Waals surface area contributed by atoms with Crippen LogP contribution in [0.3, 0.4) is 0 Å². The molecule has 1 aromatic carbocycles. The van der Waals surface area contributed by atoms with E-state index in [9.17, 15) is 16.8 Å². The minimum Gasteiger partial charge on any atom is -0.362 e. The number of hydrogen-bond acceptors (Lipinski definition) is 8. The third-order valence-electron chi connectivity index (χ3n) is 2.73. The van der Waals surface area contributed by atoms with E-state index in [1.54, 1.807) is 0 Å². The highest BCUT2D eigenvalue weighted by Gasteiger charge is 2.09. The van der Waals surface area contributed by atoms with Crippen LogP contribution >= 0.6 is 0 Å². The fourth-order valence-corrected chi connectivity index (χ4v) is 2.56. The Morgan fingerprint density at radius 2 is 0.833 bits per heavy atom. The van der Waals surface area contributed by atoms with Crippen LogP contribution in [0.1, 0.15) is 38.5 Å². The first kappa shape index (κ1) is 24.8. The molecule has 0 bridgehead atoms. The van der Waals surface area contributed by atoms with Gasteiger partial charge >= 0.3 is 20.8 Å². The normalized spacial score (nSPS) is 14.1. The van der Waals surface area contributed by atoms with E-state index in [2.05, 4.69) is 8.37 Å². The highest BCUT2D eigenvalue weighted by molar-refractivity contribution is 7.81. The molecule has 1 aliphatic carbocycles. The van der Waals surface area contributed by atoms with Crippen molar-refractivity contribution in [2.24, 2.45) is 0 Å². The highest BCUT2D eigenvalue weighted by atomic mass is 32.3. The molecule has 12 heteroatoms. The molecule has 2 rings (SSSR count). The van der Waals surface area contributed by atoms with Gasteiger partial charge in [0, 0.05) is 0 Å². The minimum atomic E-state index is -4.63. The van der Waals surface area contributed by atoms with Crippen molar-refractivity contribution in [3.8, 4) is 11.5 Å². The van der Waals surface area contributed by atoms with Crippen LogP contribution in [0.2, 0.25) is 0 Å². The van der Waals surface area contributed by atoms with Crippen molar-refractivity contribution < 1.29 is 34.3 Å². The summed E-state index contributed by atoms with van der Waals surface area (Å²) in [6.07, 6.45) is 9.00. The van der Waals surface area contributed by atoms with Gasteiger partial charge in [0.05, 0.1) is 0 Å². The third kappa shape index (κ3) is 13.0. The summed E-state index contributed by atoms with van der Waals surface area (Å²) in [6.45, 7) is 0. The Bertz CT molecular complexity index is 590. The first-order chi connectivity index (χ1) is 10.2. The molecule has 8 N–H and O–H groups in total. The predicted octanol–water partition coefficient (Wildman–Crippen LogP) is 2.71. The van der Waals surface area contributed by atoms with Gasteiger partial charge in [-0.05, 0) is 24.3 Å². The summed E-state index contributed by atoms with van der Waals surface area (Å²) < 4.78 is 65.8. The van der Waals surface area contributed by atoms with Gasteiger partial charge in [-0.2, -0.15) is 16.8 Å². The second kappa shape index (κ2) is 11.2. The average molecular weight is 388 g/mol. The molecule has 24 heavy (non-hydrogen) atoms. The Hall–Kier alpha value is -1.44. The van der Waals surface area contributed by atoms with E-state index in [0.717, 1.165) is 24.3 Å². The molecule has 0 radical (unpaired) electrons. The Labute approximate surface area is 142 Å². The summed E-state index contributed by atoms with van der Waals surface area (Å²) in [6, 6.07) is 4.09. The predicted molar refractivity (Wildman–Crippen MR) is 88.5 cm³/mol. The molecular weight excluding hydrogens is 364 g/mol. The van der Waals surface area contributed by atoms with Crippen LogP contribution in [0.25, 0.3) is 0 Å². The van der Waals surface area contributed by atoms with Gasteiger partial charge in [-0.25, -0.2) is 0 Å². The fourth-order valence-electron chi connectivity index (χ4n) is 1.85. The Kier molecular flexibility index (Phi) is 11.5. The summed E-state index contributed by atoms with van der Waals surface area (Å²) in [4.78, 5) is 0. The zero-order valence-electron chi connectivity index (χ0n) is 13.1. The zero-order chi connectivity index (χ0) is 16.6. The molecular formula is C12H24N2O8S2. The molecule has 0 aromatic heterocycles. The molecule has 0 unspecified atom stereocenters. The van der Waals surface area contributed by atoms with Crippen molar-refractivity contribution in [1.82, 2.24) is 12.3 Å². The summed E-state index contributed by atoms with van der Waals surface area (Å²) in [7, 11) is -9.27.